The van der Waals surface area contributed by atoms with Gasteiger partial charge in [-0.05, 0) is 54.8 Å². The summed E-state index contributed by atoms with van der Waals surface area (Å²) in [5.74, 6) is 0.0691. The van der Waals surface area contributed by atoms with Gasteiger partial charge >= 0.3 is 0 Å². The zero-order valence-electron chi connectivity index (χ0n) is 15.0. The van der Waals surface area contributed by atoms with Crippen molar-refractivity contribution in [2.75, 3.05) is 5.32 Å². The highest BCUT2D eigenvalue weighted by molar-refractivity contribution is 7.99. The van der Waals surface area contributed by atoms with Gasteiger partial charge in [-0.3, -0.25) is 9.59 Å². The summed E-state index contributed by atoms with van der Waals surface area (Å²) in [6.45, 7) is 7.41. The van der Waals surface area contributed by atoms with E-state index in [1.54, 1.807) is 18.7 Å². The van der Waals surface area contributed by atoms with Gasteiger partial charge in [0.1, 0.15) is 6.04 Å². The molecule has 4 nitrogen and oxygen atoms in total. The summed E-state index contributed by atoms with van der Waals surface area (Å²) in [4.78, 5) is 25.3. The molecule has 1 unspecified atom stereocenters. The molecule has 0 spiro atoms. The first-order valence-corrected chi connectivity index (χ1v) is 9.12. The van der Waals surface area contributed by atoms with Crippen LogP contribution < -0.4 is 10.6 Å². The third kappa shape index (κ3) is 5.94. The number of carbonyl (C=O) groups excluding carboxylic acids is 2. The number of benzene rings is 2. The number of hydrogen-bond donors (Lipinski definition) is 2. The molecule has 0 saturated carbocycles. The normalized spacial score (nSPS) is 11.9. The molecule has 5 heteroatoms. The average Bonchev–Trinajstić information content (AvgIpc) is 2.56. The van der Waals surface area contributed by atoms with Crippen molar-refractivity contribution in [3.63, 3.8) is 0 Å². The Morgan fingerprint density at radius 1 is 0.880 bits per heavy atom. The molecule has 0 aliphatic carbocycles. The van der Waals surface area contributed by atoms with Gasteiger partial charge in [0.25, 0.3) is 0 Å². The summed E-state index contributed by atoms with van der Waals surface area (Å²) in [7, 11) is 0. The Labute approximate surface area is 153 Å². The van der Waals surface area contributed by atoms with Gasteiger partial charge in [0.15, 0.2) is 0 Å². The standard InChI is InChI=1S/C20H24N2O2S/c1-13(2)16-5-9-18(10-6-16)25-19-11-7-17(8-12-19)22-20(24)14(3)21-15(4)23/h5-14H,1-4H3,(H,21,23)(H,22,24). The van der Waals surface area contributed by atoms with Crippen LogP contribution in [0, 0.1) is 0 Å². The first kappa shape index (κ1) is 19.1. The van der Waals surface area contributed by atoms with Crippen LogP contribution in [-0.2, 0) is 9.59 Å². The molecule has 2 amide bonds. The maximum absolute atomic E-state index is 12.0. The van der Waals surface area contributed by atoms with Gasteiger partial charge in [-0.15, -0.1) is 0 Å². The van der Waals surface area contributed by atoms with Crippen molar-refractivity contribution in [2.45, 2.75) is 49.4 Å². The van der Waals surface area contributed by atoms with Gasteiger partial charge in [-0.1, -0.05) is 37.7 Å². The van der Waals surface area contributed by atoms with Crippen LogP contribution in [0.15, 0.2) is 58.3 Å². The van der Waals surface area contributed by atoms with E-state index in [4.69, 9.17) is 0 Å². The van der Waals surface area contributed by atoms with Crippen molar-refractivity contribution in [3.8, 4) is 0 Å². The van der Waals surface area contributed by atoms with Crippen molar-refractivity contribution in [1.29, 1.82) is 0 Å². The Morgan fingerprint density at radius 2 is 1.40 bits per heavy atom. The number of anilines is 1. The molecule has 0 radical (unpaired) electrons. The smallest absolute Gasteiger partial charge is 0.246 e. The molecule has 0 fully saturated rings. The van der Waals surface area contributed by atoms with Crippen molar-refractivity contribution < 1.29 is 9.59 Å². The molecule has 0 aliphatic heterocycles. The minimum absolute atomic E-state index is 0.224. The molecule has 2 N–H and O–H groups in total. The summed E-state index contributed by atoms with van der Waals surface area (Å²) in [6, 6.07) is 15.7. The first-order chi connectivity index (χ1) is 11.8. The second kappa shape index (κ2) is 8.72. The molecule has 0 aromatic heterocycles. The van der Waals surface area contributed by atoms with Gasteiger partial charge in [-0.25, -0.2) is 0 Å². The molecule has 0 bridgehead atoms. The van der Waals surface area contributed by atoms with E-state index in [9.17, 15) is 9.59 Å². The molecule has 132 valence electrons. The largest absolute Gasteiger partial charge is 0.345 e. The maximum atomic E-state index is 12.0. The molecular weight excluding hydrogens is 332 g/mol. The number of rotatable bonds is 6. The molecular formula is C20H24N2O2S. The Hall–Kier alpha value is -2.27. The second-order valence-corrected chi connectivity index (χ2v) is 7.41. The number of carbonyl (C=O) groups is 2. The molecule has 2 rings (SSSR count). The quantitative estimate of drug-likeness (QED) is 0.805. The highest BCUT2D eigenvalue weighted by atomic mass is 32.2. The Kier molecular flexibility index (Phi) is 6.65. The van der Waals surface area contributed by atoms with E-state index >= 15 is 0 Å². The predicted octanol–water partition coefficient (Wildman–Crippen LogP) is 4.42. The van der Waals surface area contributed by atoms with Crippen LogP contribution in [-0.4, -0.2) is 17.9 Å². The van der Waals surface area contributed by atoms with Crippen molar-refractivity contribution in [2.24, 2.45) is 0 Å². The minimum Gasteiger partial charge on any atom is -0.345 e. The first-order valence-electron chi connectivity index (χ1n) is 8.31. The summed E-state index contributed by atoms with van der Waals surface area (Å²) in [5, 5.41) is 5.36. The number of nitrogens with one attached hydrogen (secondary N) is 2. The fraction of sp³-hybridized carbons (Fsp3) is 0.300. The highest BCUT2D eigenvalue weighted by Crippen LogP contribution is 2.29. The van der Waals surface area contributed by atoms with E-state index in [2.05, 4.69) is 48.7 Å². The lowest BCUT2D eigenvalue weighted by atomic mass is 10.0. The third-order valence-electron chi connectivity index (χ3n) is 3.72. The SMILES string of the molecule is CC(=O)NC(C)C(=O)Nc1ccc(Sc2ccc(C(C)C)cc2)cc1. The van der Waals surface area contributed by atoms with Gasteiger partial charge < -0.3 is 10.6 Å². The second-order valence-electron chi connectivity index (χ2n) is 6.26. The lowest BCUT2D eigenvalue weighted by molar-refractivity contribution is -0.124. The summed E-state index contributed by atoms with van der Waals surface area (Å²) in [6.07, 6.45) is 0. The summed E-state index contributed by atoms with van der Waals surface area (Å²) in [5.41, 5.74) is 2.04. The molecule has 0 aliphatic rings. The van der Waals surface area contributed by atoms with E-state index < -0.39 is 6.04 Å². The van der Waals surface area contributed by atoms with Crippen LogP contribution in [0.3, 0.4) is 0 Å². The van der Waals surface area contributed by atoms with Gasteiger partial charge in [-0.2, -0.15) is 0 Å². The molecule has 1 atom stereocenters. The Balaban J connectivity index is 1.95. The molecule has 0 heterocycles. The zero-order valence-corrected chi connectivity index (χ0v) is 15.8. The third-order valence-corrected chi connectivity index (χ3v) is 4.73. The van der Waals surface area contributed by atoms with E-state index in [0.717, 1.165) is 4.90 Å². The monoisotopic (exact) mass is 356 g/mol. The zero-order chi connectivity index (χ0) is 18.4. The van der Waals surface area contributed by atoms with E-state index in [0.29, 0.717) is 11.6 Å². The summed E-state index contributed by atoms with van der Waals surface area (Å²) >= 11 is 1.68. The van der Waals surface area contributed by atoms with E-state index in [1.165, 1.54) is 17.4 Å². The maximum Gasteiger partial charge on any atom is 0.246 e. The number of hydrogen-bond acceptors (Lipinski definition) is 3. The predicted molar refractivity (Wildman–Crippen MR) is 103 cm³/mol. The Bertz CT molecular complexity index is 724. The fourth-order valence-electron chi connectivity index (χ4n) is 2.28. The van der Waals surface area contributed by atoms with Crippen LogP contribution in [0.1, 0.15) is 39.2 Å². The fourth-order valence-corrected chi connectivity index (χ4v) is 3.10. The lowest BCUT2D eigenvalue weighted by Crippen LogP contribution is -2.40. The van der Waals surface area contributed by atoms with E-state index in [1.807, 2.05) is 24.3 Å². The molecule has 25 heavy (non-hydrogen) atoms. The van der Waals surface area contributed by atoms with Gasteiger partial charge in [0.2, 0.25) is 11.8 Å². The van der Waals surface area contributed by atoms with Crippen LogP contribution in [0.4, 0.5) is 5.69 Å². The lowest BCUT2D eigenvalue weighted by Gasteiger charge is -2.13. The van der Waals surface area contributed by atoms with Crippen molar-refractivity contribution in [3.05, 3.63) is 54.1 Å². The van der Waals surface area contributed by atoms with Crippen LogP contribution in [0.5, 0.6) is 0 Å². The van der Waals surface area contributed by atoms with Crippen LogP contribution >= 0.6 is 11.8 Å². The van der Waals surface area contributed by atoms with Crippen LogP contribution in [0.25, 0.3) is 0 Å². The number of amides is 2. The average molecular weight is 356 g/mol. The van der Waals surface area contributed by atoms with Gasteiger partial charge in [0, 0.05) is 22.4 Å². The molecule has 2 aromatic rings. The van der Waals surface area contributed by atoms with Crippen LogP contribution in [0.2, 0.25) is 0 Å². The van der Waals surface area contributed by atoms with Gasteiger partial charge in [0.05, 0.1) is 0 Å². The van der Waals surface area contributed by atoms with Crippen molar-refractivity contribution >= 4 is 29.3 Å². The molecule has 0 saturated heterocycles. The summed E-state index contributed by atoms with van der Waals surface area (Å²) < 4.78 is 0. The highest BCUT2D eigenvalue weighted by Gasteiger charge is 2.13. The van der Waals surface area contributed by atoms with Crippen molar-refractivity contribution in [1.82, 2.24) is 5.32 Å². The Morgan fingerprint density at radius 3 is 1.88 bits per heavy atom. The molecule has 2 aromatic carbocycles. The topological polar surface area (TPSA) is 58.2 Å². The minimum atomic E-state index is -0.564. The van der Waals surface area contributed by atoms with E-state index in [-0.39, 0.29) is 11.8 Å².